The summed E-state index contributed by atoms with van der Waals surface area (Å²) in [5, 5.41) is 4.22. The van der Waals surface area contributed by atoms with Crippen LogP contribution in [0.1, 0.15) is 26.7 Å². The van der Waals surface area contributed by atoms with Crippen LogP contribution in [0.15, 0.2) is 0 Å². The summed E-state index contributed by atoms with van der Waals surface area (Å²) in [7, 11) is 0. The molecule has 63 valence electrons. The number of rotatable bonds is 2. The van der Waals surface area contributed by atoms with Crippen molar-refractivity contribution >= 4 is 5.78 Å². The standard InChI is InChI=1S/C9H16NO/c1-7(2)9(11)8-3-5-10-6-4-8/h7-8H,3-6H2,1-2H3. The highest BCUT2D eigenvalue weighted by atomic mass is 16.1. The van der Waals surface area contributed by atoms with E-state index in [-0.39, 0.29) is 5.92 Å². The van der Waals surface area contributed by atoms with Gasteiger partial charge in [0, 0.05) is 24.9 Å². The number of piperidine rings is 1. The van der Waals surface area contributed by atoms with E-state index in [2.05, 4.69) is 5.32 Å². The number of ketones is 1. The topological polar surface area (TPSA) is 31.2 Å². The molecule has 0 aromatic heterocycles. The molecule has 2 nitrogen and oxygen atoms in total. The van der Waals surface area contributed by atoms with Crippen molar-refractivity contribution in [3.63, 3.8) is 0 Å². The van der Waals surface area contributed by atoms with Gasteiger partial charge in [0.1, 0.15) is 5.78 Å². The summed E-state index contributed by atoms with van der Waals surface area (Å²) >= 11 is 0. The van der Waals surface area contributed by atoms with Gasteiger partial charge in [-0.1, -0.05) is 13.8 Å². The zero-order valence-corrected chi connectivity index (χ0v) is 7.34. The number of carbonyl (C=O) groups excluding carboxylic acids is 1. The largest absolute Gasteiger partial charge is 0.299 e. The van der Waals surface area contributed by atoms with Crippen LogP contribution in [0.25, 0.3) is 0 Å². The van der Waals surface area contributed by atoms with E-state index in [0.717, 1.165) is 25.9 Å². The van der Waals surface area contributed by atoms with Crippen molar-refractivity contribution in [3.05, 3.63) is 0 Å². The minimum Gasteiger partial charge on any atom is -0.299 e. The van der Waals surface area contributed by atoms with Crippen molar-refractivity contribution < 1.29 is 4.79 Å². The van der Waals surface area contributed by atoms with Crippen LogP contribution in [-0.2, 0) is 4.79 Å². The van der Waals surface area contributed by atoms with Crippen LogP contribution in [0.3, 0.4) is 0 Å². The number of Topliss-reactive ketones (excluding diaryl/α,β-unsaturated/α-hetero) is 1. The molecule has 0 bridgehead atoms. The zero-order valence-electron chi connectivity index (χ0n) is 7.34. The molecular formula is C9H16NO. The number of hydrogen-bond acceptors (Lipinski definition) is 1. The van der Waals surface area contributed by atoms with Gasteiger partial charge in [0.05, 0.1) is 0 Å². The lowest BCUT2D eigenvalue weighted by atomic mass is 9.88. The van der Waals surface area contributed by atoms with E-state index < -0.39 is 0 Å². The molecule has 1 saturated heterocycles. The lowest BCUT2D eigenvalue weighted by molar-refractivity contribution is -0.126. The molecule has 0 atom stereocenters. The van der Waals surface area contributed by atoms with Gasteiger partial charge in [-0.05, 0) is 12.8 Å². The van der Waals surface area contributed by atoms with Gasteiger partial charge >= 0.3 is 0 Å². The average Bonchev–Trinajstić information content (AvgIpc) is 2.05. The number of nitrogens with zero attached hydrogens (tertiary/aromatic N) is 1. The summed E-state index contributed by atoms with van der Waals surface area (Å²) in [5.74, 6) is 0.950. The van der Waals surface area contributed by atoms with Crippen molar-refractivity contribution in [1.82, 2.24) is 5.32 Å². The minimum atomic E-state index is 0.207. The van der Waals surface area contributed by atoms with Crippen molar-refractivity contribution in [1.29, 1.82) is 0 Å². The number of carbonyl (C=O) groups is 1. The molecule has 1 aliphatic rings. The molecule has 0 aromatic rings. The maximum atomic E-state index is 11.5. The van der Waals surface area contributed by atoms with Gasteiger partial charge in [-0.2, -0.15) is 0 Å². The van der Waals surface area contributed by atoms with E-state index in [1.807, 2.05) is 13.8 Å². The van der Waals surface area contributed by atoms with Crippen molar-refractivity contribution in [2.45, 2.75) is 26.7 Å². The maximum absolute atomic E-state index is 11.5. The fourth-order valence-electron chi connectivity index (χ4n) is 1.51. The predicted octanol–water partition coefficient (Wildman–Crippen LogP) is 1.23. The lowest BCUT2D eigenvalue weighted by Gasteiger charge is -2.21. The van der Waals surface area contributed by atoms with Crippen molar-refractivity contribution in [2.24, 2.45) is 11.8 Å². The minimum absolute atomic E-state index is 0.207. The Bertz CT molecular complexity index is 136. The second-order valence-electron chi connectivity index (χ2n) is 3.50. The van der Waals surface area contributed by atoms with E-state index in [9.17, 15) is 4.79 Å². The van der Waals surface area contributed by atoms with Crippen LogP contribution in [-0.4, -0.2) is 18.9 Å². The third kappa shape index (κ3) is 2.29. The third-order valence-corrected chi connectivity index (χ3v) is 2.24. The summed E-state index contributed by atoms with van der Waals surface area (Å²) in [4.78, 5) is 11.5. The lowest BCUT2D eigenvalue weighted by Crippen LogP contribution is -2.30. The molecule has 1 rings (SSSR count). The van der Waals surface area contributed by atoms with Gasteiger partial charge in [-0.25, -0.2) is 5.32 Å². The van der Waals surface area contributed by atoms with Gasteiger partial charge in [-0.3, -0.25) is 4.79 Å². The molecule has 1 radical (unpaired) electrons. The van der Waals surface area contributed by atoms with E-state index in [0.29, 0.717) is 11.7 Å². The van der Waals surface area contributed by atoms with Crippen molar-refractivity contribution in [3.8, 4) is 0 Å². The molecule has 11 heavy (non-hydrogen) atoms. The normalized spacial score (nSPS) is 20.6. The molecular weight excluding hydrogens is 138 g/mol. The predicted molar refractivity (Wildman–Crippen MR) is 44.4 cm³/mol. The first-order chi connectivity index (χ1) is 5.22. The Morgan fingerprint density at radius 2 is 1.91 bits per heavy atom. The molecule has 0 N–H and O–H groups in total. The highest BCUT2D eigenvalue weighted by Gasteiger charge is 2.22. The highest BCUT2D eigenvalue weighted by molar-refractivity contribution is 5.82. The molecule has 0 spiro atoms. The van der Waals surface area contributed by atoms with Gasteiger partial charge in [-0.15, -0.1) is 0 Å². The fraction of sp³-hybridized carbons (Fsp3) is 0.889. The van der Waals surface area contributed by atoms with E-state index in [4.69, 9.17) is 0 Å². The first-order valence-corrected chi connectivity index (χ1v) is 4.39. The van der Waals surface area contributed by atoms with Crippen LogP contribution in [0.5, 0.6) is 0 Å². The van der Waals surface area contributed by atoms with E-state index in [1.54, 1.807) is 0 Å². The first kappa shape index (κ1) is 8.72. The fourth-order valence-corrected chi connectivity index (χ4v) is 1.51. The number of hydrogen-bond donors (Lipinski definition) is 0. The summed E-state index contributed by atoms with van der Waals surface area (Å²) in [6.07, 6.45) is 1.97. The van der Waals surface area contributed by atoms with Crippen LogP contribution in [0.2, 0.25) is 0 Å². The zero-order chi connectivity index (χ0) is 8.27. The molecule has 0 saturated carbocycles. The highest BCUT2D eigenvalue weighted by Crippen LogP contribution is 2.17. The van der Waals surface area contributed by atoms with Crippen LogP contribution < -0.4 is 5.32 Å². The van der Waals surface area contributed by atoms with E-state index in [1.165, 1.54) is 0 Å². The molecule has 1 aliphatic heterocycles. The Balaban J connectivity index is 2.39. The molecule has 2 heteroatoms. The molecule has 1 heterocycles. The summed E-state index contributed by atoms with van der Waals surface area (Å²) in [6, 6.07) is 0. The smallest absolute Gasteiger partial charge is 0.138 e. The van der Waals surface area contributed by atoms with Crippen LogP contribution in [0.4, 0.5) is 0 Å². The van der Waals surface area contributed by atoms with Gasteiger partial charge in [0.15, 0.2) is 0 Å². The summed E-state index contributed by atoms with van der Waals surface area (Å²) < 4.78 is 0. The summed E-state index contributed by atoms with van der Waals surface area (Å²) in [6.45, 7) is 5.74. The maximum Gasteiger partial charge on any atom is 0.138 e. The Morgan fingerprint density at radius 3 is 2.36 bits per heavy atom. The summed E-state index contributed by atoms with van der Waals surface area (Å²) in [5.41, 5.74) is 0. The Hall–Kier alpha value is -0.370. The van der Waals surface area contributed by atoms with Crippen molar-refractivity contribution in [2.75, 3.05) is 13.1 Å². The second kappa shape index (κ2) is 3.86. The Kier molecular flexibility index (Phi) is 3.06. The van der Waals surface area contributed by atoms with E-state index >= 15 is 0 Å². The monoisotopic (exact) mass is 154 g/mol. The second-order valence-corrected chi connectivity index (χ2v) is 3.50. The molecule has 0 amide bonds. The van der Waals surface area contributed by atoms with Crippen LogP contribution in [0, 0.1) is 11.8 Å². The van der Waals surface area contributed by atoms with Gasteiger partial charge in [0.2, 0.25) is 0 Å². The molecule has 0 aliphatic carbocycles. The Labute approximate surface area is 68.4 Å². The first-order valence-electron chi connectivity index (χ1n) is 4.39. The SMILES string of the molecule is CC(C)C(=O)C1CC[N]CC1. The van der Waals surface area contributed by atoms with Gasteiger partial charge < -0.3 is 0 Å². The van der Waals surface area contributed by atoms with Gasteiger partial charge in [0.25, 0.3) is 0 Å². The molecule has 0 aromatic carbocycles. The molecule has 0 unspecified atom stereocenters. The molecule has 1 fully saturated rings. The average molecular weight is 154 g/mol. The van der Waals surface area contributed by atoms with Crippen LogP contribution >= 0.6 is 0 Å². The third-order valence-electron chi connectivity index (χ3n) is 2.24. The Morgan fingerprint density at radius 1 is 1.36 bits per heavy atom. The quantitative estimate of drug-likeness (QED) is 0.588.